The highest BCUT2D eigenvalue weighted by Crippen LogP contribution is 2.28. The van der Waals surface area contributed by atoms with Crippen LogP contribution in [0.25, 0.3) is 0 Å². The van der Waals surface area contributed by atoms with Crippen molar-refractivity contribution in [3.63, 3.8) is 0 Å². The summed E-state index contributed by atoms with van der Waals surface area (Å²) in [6.07, 6.45) is 0.651. The van der Waals surface area contributed by atoms with E-state index in [2.05, 4.69) is 5.32 Å². The molecule has 1 N–H and O–H groups in total. The lowest BCUT2D eigenvalue weighted by molar-refractivity contribution is -0.121. The van der Waals surface area contributed by atoms with Crippen molar-refractivity contribution in [2.75, 3.05) is 38.9 Å². The average molecular weight is 561 g/mol. The Bertz CT molecular complexity index is 1400. The summed E-state index contributed by atoms with van der Waals surface area (Å²) in [4.78, 5) is 51.6. The third kappa shape index (κ3) is 7.09. The van der Waals surface area contributed by atoms with Crippen LogP contribution >= 0.6 is 0 Å². The maximum absolute atomic E-state index is 13.0. The van der Waals surface area contributed by atoms with E-state index >= 15 is 0 Å². The zero-order chi connectivity index (χ0) is 29.4. The van der Waals surface area contributed by atoms with Gasteiger partial charge in [-0.2, -0.15) is 0 Å². The summed E-state index contributed by atoms with van der Waals surface area (Å²) in [5.41, 5.74) is 1.94. The molecule has 2 amide bonds. The van der Waals surface area contributed by atoms with E-state index < -0.39 is 18.6 Å². The van der Waals surface area contributed by atoms with Crippen LogP contribution in [0.3, 0.4) is 0 Å². The van der Waals surface area contributed by atoms with Crippen molar-refractivity contribution in [3.05, 3.63) is 83.4 Å². The molecule has 1 aliphatic rings. The van der Waals surface area contributed by atoms with E-state index in [4.69, 9.17) is 18.9 Å². The van der Waals surface area contributed by atoms with Crippen molar-refractivity contribution < 1.29 is 38.1 Å². The van der Waals surface area contributed by atoms with Crippen LogP contribution in [0.1, 0.15) is 39.6 Å². The van der Waals surface area contributed by atoms with Gasteiger partial charge in [-0.25, -0.2) is 9.69 Å². The van der Waals surface area contributed by atoms with E-state index in [1.807, 2.05) is 25.1 Å². The molecule has 1 saturated heterocycles. The van der Waals surface area contributed by atoms with Gasteiger partial charge in [0, 0.05) is 5.56 Å². The molecule has 1 aliphatic heterocycles. The van der Waals surface area contributed by atoms with Crippen LogP contribution in [0.2, 0.25) is 0 Å². The maximum atomic E-state index is 13.0. The summed E-state index contributed by atoms with van der Waals surface area (Å²) in [5.74, 6) is 0.157. The van der Waals surface area contributed by atoms with E-state index in [9.17, 15) is 19.2 Å². The van der Waals surface area contributed by atoms with Crippen molar-refractivity contribution in [1.29, 1.82) is 0 Å². The van der Waals surface area contributed by atoms with E-state index in [1.165, 1.54) is 24.3 Å². The number of methoxy groups -OCH3 is 2. The maximum Gasteiger partial charge on any atom is 0.338 e. The van der Waals surface area contributed by atoms with Crippen LogP contribution in [0.5, 0.6) is 17.2 Å². The summed E-state index contributed by atoms with van der Waals surface area (Å²) in [7, 11) is 3.14. The molecule has 3 aromatic carbocycles. The minimum atomic E-state index is -0.690. The number of anilines is 1. The van der Waals surface area contributed by atoms with Crippen LogP contribution in [-0.4, -0.2) is 63.6 Å². The third-order valence-corrected chi connectivity index (χ3v) is 6.58. The lowest BCUT2D eigenvalue weighted by Gasteiger charge is -2.16. The fourth-order valence-electron chi connectivity index (χ4n) is 4.44. The normalized spacial score (nSPS) is 14.6. The summed E-state index contributed by atoms with van der Waals surface area (Å²) in [5, 5.41) is 3.16. The van der Waals surface area contributed by atoms with Gasteiger partial charge in [-0.3, -0.25) is 14.4 Å². The van der Waals surface area contributed by atoms with Gasteiger partial charge < -0.3 is 24.3 Å². The molecule has 1 heterocycles. The number of ether oxygens (including phenoxy) is 4. The van der Waals surface area contributed by atoms with Crippen molar-refractivity contribution in [2.24, 2.45) is 0 Å². The topological polar surface area (TPSA) is 120 Å². The molecule has 10 heteroatoms. The first-order chi connectivity index (χ1) is 19.8. The minimum absolute atomic E-state index is 0.0300. The highest BCUT2D eigenvalue weighted by molar-refractivity contribution is 6.22. The van der Waals surface area contributed by atoms with E-state index in [0.29, 0.717) is 48.1 Å². The largest absolute Gasteiger partial charge is 0.494 e. The van der Waals surface area contributed by atoms with E-state index in [-0.39, 0.29) is 29.6 Å². The Morgan fingerprint density at radius 2 is 1.59 bits per heavy atom. The number of hydrogen-bond acceptors (Lipinski definition) is 9. The number of carbonyl (C=O) groups is 4. The SMILES string of the molecule is CCOc1ccc(C(=O)COC(=O)c2ccc(N3C(=O)CC(NCCc4ccc(OC)c(OC)c4)C3=O)cc2)cc1. The summed E-state index contributed by atoms with van der Waals surface area (Å²) < 4.78 is 21.1. The molecule has 0 spiro atoms. The molecule has 1 unspecified atom stereocenters. The first-order valence-corrected chi connectivity index (χ1v) is 13.2. The number of imide groups is 1. The Kier molecular flexibility index (Phi) is 9.70. The van der Waals surface area contributed by atoms with Crippen LogP contribution in [-0.2, 0) is 20.7 Å². The number of rotatable bonds is 13. The van der Waals surface area contributed by atoms with Crippen molar-refractivity contribution in [1.82, 2.24) is 5.32 Å². The molecule has 1 atom stereocenters. The van der Waals surface area contributed by atoms with Gasteiger partial charge in [-0.15, -0.1) is 0 Å². The molecule has 0 saturated carbocycles. The summed E-state index contributed by atoms with van der Waals surface area (Å²) in [6.45, 7) is 2.44. The second-order valence-corrected chi connectivity index (χ2v) is 9.22. The zero-order valence-corrected chi connectivity index (χ0v) is 23.2. The summed E-state index contributed by atoms with van der Waals surface area (Å²) >= 11 is 0. The fourth-order valence-corrected chi connectivity index (χ4v) is 4.44. The molecule has 1 fully saturated rings. The van der Waals surface area contributed by atoms with Crippen LogP contribution in [0.4, 0.5) is 5.69 Å². The molecule has 3 aromatic rings. The van der Waals surface area contributed by atoms with Crippen molar-refractivity contribution in [2.45, 2.75) is 25.8 Å². The van der Waals surface area contributed by atoms with Gasteiger partial charge in [0.2, 0.25) is 5.91 Å². The molecule has 41 heavy (non-hydrogen) atoms. The first kappa shape index (κ1) is 29.3. The number of hydrogen-bond donors (Lipinski definition) is 1. The first-order valence-electron chi connectivity index (χ1n) is 13.2. The van der Waals surface area contributed by atoms with E-state index in [1.54, 1.807) is 38.5 Å². The molecule has 0 radical (unpaired) electrons. The van der Waals surface area contributed by atoms with Gasteiger partial charge in [-0.05, 0) is 86.1 Å². The van der Waals surface area contributed by atoms with Crippen LogP contribution in [0.15, 0.2) is 66.7 Å². The lowest BCUT2D eigenvalue weighted by atomic mass is 10.1. The van der Waals surface area contributed by atoms with Crippen molar-refractivity contribution >= 4 is 29.3 Å². The predicted molar refractivity (Wildman–Crippen MR) is 151 cm³/mol. The number of nitrogens with one attached hydrogen (secondary N) is 1. The zero-order valence-electron chi connectivity index (χ0n) is 23.2. The average Bonchev–Trinajstić information content (AvgIpc) is 3.28. The van der Waals surface area contributed by atoms with Gasteiger partial charge in [-0.1, -0.05) is 6.07 Å². The van der Waals surface area contributed by atoms with Crippen molar-refractivity contribution in [3.8, 4) is 17.2 Å². The van der Waals surface area contributed by atoms with Gasteiger partial charge in [0.15, 0.2) is 23.9 Å². The second kappa shape index (κ2) is 13.6. The second-order valence-electron chi connectivity index (χ2n) is 9.22. The van der Waals surface area contributed by atoms with Gasteiger partial charge in [0.1, 0.15) is 5.75 Å². The molecule has 4 rings (SSSR count). The Morgan fingerprint density at radius 3 is 2.24 bits per heavy atom. The quantitative estimate of drug-likeness (QED) is 0.190. The molecule has 10 nitrogen and oxygen atoms in total. The number of nitrogens with zero attached hydrogens (tertiary/aromatic N) is 1. The van der Waals surface area contributed by atoms with Crippen LogP contribution in [0, 0.1) is 0 Å². The number of benzene rings is 3. The highest BCUT2D eigenvalue weighted by Gasteiger charge is 2.39. The Labute approximate surface area is 238 Å². The van der Waals surface area contributed by atoms with Gasteiger partial charge >= 0.3 is 5.97 Å². The molecular formula is C31H32N2O8. The van der Waals surface area contributed by atoms with Crippen LogP contribution < -0.4 is 24.4 Å². The van der Waals surface area contributed by atoms with Gasteiger partial charge in [0.05, 0.1) is 44.5 Å². The number of Topliss-reactive ketones (excluding diaryl/α,β-unsaturated/α-hetero) is 1. The standard InChI is InChI=1S/C31H32N2O8/c1-4-40-24-12-8-21(9-13-24)26(34)19-41-31(37)22-6-10-23(11-7-22)33-29(35)18-25(30(33)36)32-16-15-20-5-14-27(38-2)28(17-20)39-3/h5-14,17,25,32H,4,15-16,18-19H2,1-3H3. The number of ketones is 1. The Hall–Kier alpha value is -4.70. The lowest BCUT2D eigenvalue weighted by Crippen LogP contribution is -2.39. The number of esters is 1. The molecule has 0 bridgehead atoms. The summed E-state index contributed by atoms with van der Waals surface area (Å²) in [6, 6.07) is 17.5. The van der Waals surface area contributed by atoms with E-state index in [0.717, 1.165) is 10.5 Å². The van der Waals surface area contributed by atoms with Gasteiger partial charge in [0.25, 0.3) is 5.91 Å². The number of amides is 2. The Balaban J connectivity index is 1.29. The minimum Gasteiger partial charge on any atom is -0.494 e. The molecule has 0 aromatic heterocycles. The monoisotopic (exact) mass is 560 g/mol. The molecule has 0 aliphatic carbocycles. The third-order valence-electron chi connectivity index (χ3n) is 6.58. The number of carbonyl (C=O) groups excluding carboxylic acids is 4. The fraction of sp³-hybridized carbons (Fsp3) is 0.290. The molecular weight excluding hydrogens is 528 g/mol. The predicted octanol–water partition coefficient (Wildman–Crippen LogP) is 3.61. The smallest absolute Gasteiger partial charge is 0.338 e. The highest BCUT2D eigenvalue weighted by atomic mass is 16.5. The molecule has 214 valence electrons. The Morgan fingerprint density at radius 1 is 0.902 bits per heavy atom.